The van der Waals surface area contributed by atoms with Gasteiger partial charge in [0.2, 0.25) is 11.8 Å². The molecule has 0 aliphatic carbocycles. The highest BCUT2D eigenvalue weighted by Crippen LogP contribution is 2.39. The minimum atomic E-state index is -0.529. The van der Waals surface area contributed by atoms with Gasteiger partial charge >= 0.3 is 0 Å². The van der Waals surface area contributed by atoms with E-state index in [2.05, 4.69) is 12.2 Å². The van der Waals surface area contributed by atoms with Crippen molar-refractivity contribution in [3.8, 4) is 11.5 Å². The molecule has 0 radical (unpaired) electrons. The molecule has 1 heterocycles. The average molecular weight is 443 g/mol. The quantitative estimate of drug-likeness (QED) is 0.625. The van der Waals surface area contributed by atoms with Crippen LogP contribution in [0.5, 0.6) is 11.5 Å². The fraction of sp³-hybridized carbons (Fsp3) is 0.440. The maximum absolute atomic E-state index is 14.1. The molecule has 1 saturated heterocycles. The third-order valence-corrected chi connectivity index (χ3v) is 6.01. The van der Waals surface area contributed by atoms with Crippen LogP contribution in [-0.4, -0.2) is 37.5 Å². The SMILES string of the molecule is CCCCN1C(=O)CC(C(=O)NC(C)c2ccc(OC)c(F)c2)C1c1ccc(OC)cc1. The van der Waals surface area contributed by atoms with Crippen molar-refractivity contribution in [1.82, 2.24) is 10.2 Å². The highest BCUT2D eigenvalue weighted by Gasteiger charge is 2.44. The van der Waals surface area contributed by atoms with E-state index in [4.69, 9.17) is 9.47 Å². The van der Waals surface area contributed by atoms with Crippen molar-refractivity contribution < 1.29 is 23.5 Å². The molecule has 1 aliphatic rings. The first kappa shape index (κ1) is 23.6. The van der Waals surface area contributed by atoms with Gasteiger partial charge in [-0.1, -0.05) is 31.5 Å². The Balaban J connectivity index is 1.83. The molecule has 7 heteroatoms. The van der Waals surface area contributed by atoms with Crippen molar-refractivity contribution in [3.63, 3.8) is 0 Å². The van der Waals surface area contributed by atoms with Crippen LogP contribution in [0.2, 0.25) is 0 Å². The number of likely N-dealkylation sites (tertiary alicyclic amines) is 1. The topological polar surface area (TPSA) is 67.9 Å². The number of halogens is 1. The van der Waals surface area contributed by atoms with Gasteiger partial charge in [0.15, 0.2) is 11.6 Å². The maximum Gasteiger partial charge on any atom is 0.226 e. The molecular weight excluding hydrogens is 411 g/mol. The number of nitrogens with one attached hydrogen (secondary N) is 1. The largest absolute Gasteiger partial charge is 0.497 e. The number of carbonyl (C=O) groups is 2. The van der Waals surface area contributed by atoms with Crippen molar-refractivity contribution in [1.29, 1.82) is 0 Å². The number of carbonyl (C=O) groups excluding carboxylic acids is 2. The van der Waals surface area contributed by atoms with Crippen LogP contribution in [0.25, 0.3) is 0 Å². The summed E-state index contributed by atoms with van der Waals surface area (Å²) < 4.78 is 24.3. The molecule has 3 unspecified atom stereocenters. The highest BCUT2D eigenvalue weighted by molar-refractivity contribution is 5.90. The summed E-state index contributed by atoms with van der Waals surface area (Å²) in [5, 5.41) is 2.97. The molecule has 3 atom stereocenters. The summed E-state index contributed by atoms with van der Waals surface area (Å²) in [5.74, 6) is -0.388. The summed E-state index contributed by atoms with van der Waals surface area (Å²) in [5.41, 5.74) is 1.53. The Labute approximate surface area is 188 Å². The number of unbranched alkanes of at least 4 members (excludes halogenated alkanes) is 1. The Morgan fingerprint density at radius 1 is 1.19 bits per heavy atom. The van der Waals surface area contributed by atoms with Crippen LogP contribution in [0.15, 0.2) is 42.5 Å². The monoisotopic (exact) mass is 442 g/mol. The Kier molecular flexibility index (Phi) is 7.72. The summed E-state index contributed by atoms with van der Waals surface area (Å²) >= 11 is 0. The molecule has 3 rings (SSSR count). The normalized spacial score (nSPS) is 19.0. The molecule has 6 nitrogen and oxygen atoms in total. The standard InChI is InChI=1S/C25H31FN2O4/c1-5-6-13-28-23(29)15-20(24(28)17-7-10-19(31-3)11-8-17)25(30)27-16(2)18-9-12-22(32-4)21(26)14-18/h7-12,14,16,20,24H,5-6,13,15H2,1-4H3,(H,27,30). The van der Waals surface area contributed by atoms with Gasteiger partial charge in [-0.05, 0) is 48.7 Å². The molecule has 2 aromatic carbocycles. The fourth-order valence-corrected chi connectivity index (χ4v) is 4.19. The van der Waals surface area contributed by atoms with E-state index in [0.29, 0.717) is 17.9 Å². The second-order valence-corrected chi connectivity index (χ2v) is 8.09. The van der Waals surface area contributed by atoms with E-state index >= 15 is 0 Å². The molecule has 1 fully saturated rings. The van der Waals surface area contributed by atoms with Crippen molar-refractivity contribution in [2.24, 2.45) is 5.92 Å². The van der Waals surface area contributed by atoms with E-state index in [1.54, 1.807) is 26.2 Å². The Morgan fingerprint density at radius 3 is 2.50 bits per heavy atom. The summed E-state index contributed by atoms with van der Waals surface area (Å²) in [6.45, 7) is 4.48. The van der Waals surface area contributed by atoms with Crippen LogP contribution in [0.4, 0.5) is 4.39 Å². The first-order valence-electron chi connectivity index (χ1n) is 11.0. The first-order chi connectivity index (χ1) is 15.4. The van der Waals surface area contributed by atoms with Crippen molar-refractivity contribution >= 4 is 11.8 Å². The zero-order valence-electron chi connectivity index (χ0n) is 19.1. The second-order valence-electron chi connectivity index (χ2n) is 8.09. The molecular formula is C25H31FN2O4. The summed E-state index contributed by atoms with van der Waals surface area (Å²) in [7, 11) is 3.01. The van der Waals surface area contributed by atoms with E-state index in [0.717, 1.165) is 18.4 Å². The molecule has 0 spiro atoms. The van der Waals surface area contributed by atoms with Crippen LogP contribution < -0.4 is 14.8 Å². The number of nitrogens with zero attached hydrogens (tertiary/aromatic N) is 1. The van der Waals surface area contributed by atoms with E-state index in [1.165, 1.54) is 13.2 Å². The fourth-order valence-electron chi connectivity index (χ4n) is 4.19. The zero-order valence-corrected chi connectivity index (χ0v) is 19.1. The van der Waals surface area contributed by atoms with Gasteiger partial charge < -0.3 is 19.7 Å². The smallest absolute Gasteiger partial charge is 0.226 e. The van der Waals surface area contributed by atoms with E-state index in [1.807, 2.05) is 29.2 Å². The lowest BCUT2D eigenvalue weighted by molar-refractivity contribution is -0.129. The third-order valence-electron chi connectivity index (χ3n) is 6.01. The van der Waals surface area contributed by atoms with Gasteiger partial charge in [0, 0.05) is 13.0 Å². The second kappa shape index (κ2) is 10.5. The van der Waals surface area contributed by atoms with E-state index in [-0.39, 0.29) is 30.0 Å². The Hall–Kier alpha value is -3.09. The zero-order chi connectivity index (χ0) is 23.3. The van der Waals surface area contributed by atoms with Gasteiger partial charge in [0.25, 0.3) is 0 Å². The molecule has 32 heavy (non-hydrogen) atoms. The van der Waals surface area contributed by atoms with E-state index in [9.17, 15) is 14.0 Å². The minimum Gasteiger partial charge on any atom is -0.497 e. The van der Waals surface area contributed by atoms with Crippen molar-refractivity contribution in [3.05, 3.63) is 59.4 Å². The highest BCUT2D eigenvalue weighted by atomic mass is 19.1. The predicted octanol–water partition coefficient (Wildman–Crippen LogP) is 4.41. The van der Waals surface area contributed by atoms with Crippen LogP contribution in [-0.2, 0) is 9.59 Å². The average Bonchev–Trinajstić information content (AvgIpc) is 3.13. The number of methoxy groups -OCH3 is 2. The lowest BCUT2D eigenvalue weighted by Gasteiger charge is -2.29. The van der Waals surface area contributed by atoms with Gasteiger partial charge in [-0.25, -0.2) is 4.39 Å². The van der Waals surface area contributed by atoms with Gasteiger partial charge in [-0.3, -0.25) is 9.59 Å². The predicted molar refractivity (Wildman–Crippen MR) is 120 cm³/mol. The molecule has 0 bridgehead atoms. The van der Waals surface area contributed by atoms with Crippen LogP contribution in [0, 0.1) is 11.7 Å². The Morgan fingerprint density at radius 2 is 1.91 bits per heavy atom. The Bertz CT molecular complexity index is 947. The minimum absolute atomic E-state index is 0.0254. The van der Waals surface area contributed by atoms with Crippen molar-refractivity contribution in [2.45, 2.75) is 45.2 Å². The van der Waals surface area contributed by atoms with Gasteiger partial charge in [0.1, 0.15) is 5.75 Å². The number of hydrogen-bond acceptors (Lipinski definition) is 4. The van der Waals surface area contributed by atoms with Crippen LogP contribution >= 0.6 is 0 Å². The summed E-state index contributed by atoms with van der Waals surface area (Å²) in [6.07, 6.45) is 1.97. The lowest BCUT2D eigenvalue weighted by atomic mass is 9.92. The number of ether oxygens (including phenoxy) is 2. The van der Waals surface area contributed by atoms with Crippen LogP contribution in [0.3, 0.4) is 0 Å². The number of rotatable bonds is 9. The summed E-state index contributed by atoms with van der Waals surface area (Å²) in [4.78, 5) is 27.9. The maximum atomic E-state index is 14.1. The third kappa shape index (κ3) is 5.03. The molecule has 2 aromatic rings. The van der Waals surface area contributed by atoms with E-state index < -0.39 is 17.8 Å². The van der Waals surface area contributed by atoms with Gasteiger partial charge in [-0.2, -0.15) is 0 Å². The molecule has 1 aliphatic heterocycles. The molecule has 172 valence electrons. The van der Waals surface area contributed by atoms with Gasteiger partial charge in [-0.15, -0.1) is 0 Å². The van der Waals surface area contributed by atoms with Gasteiger partial charge in [0.05, 0.1) is 32.2 Å². The van der Waals surface area contributed by atoms with Crippen molar-refractivity contribution in [2.75, 3.05) is 20.8 Å². The molecule has 1 N–H and O–H groups in total. The first-order valence-corrected chi connectivity index (χ1v) is 11.0. The number of hydrogen-bond donors (Lipinski definition) is 1. The number of benzene rings is 2. The van der Waals surface area contributed by atoms with Crippen LogP contribution in [0.1, 0.15) is 56.3 Å². The molecule has 0 aromatic heterocycles. The molecule has 2 amide bonds. The lowest BCUT2D eigenvalue weighted by Crippen LogP contribution is -2.37. The number of amides is 2. The summed E-state index contributed by atoms with van der Waals surface area (Å²) in [6, 6.07) is 11.4. The molecule has 0 saturated carbocycles.